The lowest BCUT2D eigenvalue weighted by Gasteiger charge is -2.41. The summed E-state index contributed by atoms with van der Waals surface area (Å²) in [6.07, 6.45) is 6.73. The molecule has 0 aromatic heterocycles. The maximum Gasteiger partial charge on any atom is 0.255 e. The van der Waals surface area contributed by atoms with Crippen LogP contribution < -0.4 is 5.32 Å². The van der Waals surface area contributed by atoms with Crippen molar-refractivity contribution in [2.45, 2.75) is 42.7 Å². The van der Waals surface area contributed by atoms with E-state index < -0.39 is 0 Å². The lowest BCUT2D eigenvalue weighted by Crippen LogP contribution is -2.51. The van der Waals surface area contributed by atoms with Crippen LogP contribution in [0.15, 0.2) is 29.2 Å². The van der Waals surface area contributed by atoms with Gasteiger partial charge in [-0.15, -0.1) is 11.8 Å². The molecule has 0 radical (unpaired) electrons. The second kappa shape index (κ2) is 6.19. The number of nitrogens with zero attached hydrogens (tertiary/aromatic N) is 1. The summed E-state index contributed by atoms with van der Waals surface area (Å²) in [6, 6.07) is 8.84. The van der Waals surface area contributed by atoms with E-state index in [0.29, 0.717) is 12.1 Å². The largest absolute Gasteiger partial charge is 0.331 e. The summed E-state index contributed by atoms with van der Waals surface area (Å²) in [7, 11) is 0. The van der Waals surface area contributed by atoms with Crippen LogP contribution in [0, 0.1) is 0 Å². The molecule has 1 unspecified atom stereocenters. The van der Waals surface area contributed by atoms with Crippen LogP contribution in [-0.4, -0.2) is 42.2 Å². The molecule has 1 aliphatic heterocycles. The van der Waals surface area contributed by atoms with Crippen LogP contribution in [0.5, 0.6) is 0 Å². The van der Waals surface area contributed by atoms with Gasteiger partial charge < -0.3 is 10.2 Å². The lowest BCUT2D eigenvalue weighted by molar-refractivity contribution is 0.0462. The Labute approximate surface area is 125 Å². The molecule has 1 heterocycles. The summed E-state index contributed by atoms with van der Waals surface area (Å²) in [5.41, 5.74) is 0.874. The van der Waals surface area contributed by atoms with Gasteiger partial charge in [-0.3, -0.25) is 4.79 Å². The highest BCUT2D eigenvalue weighted by molar-refractivity contribution is 7.98. The molecule has 108 valence electrons. The molecule has 3 nitrogen and oxygen atoms in total. The van der Waals surface area contributed by atoms with E-state index in [4.69, 9.17) is 0 Å². The molecule has 1 saturated heterocycles. The molecule has 1 aromatic rings. The van der Waals surface area contributed by atoms with Crippen molar-refractivity contribution in [3.63, 3.8) is 0 Å². The Bertz CT molecular complexity index is 481. The molecular formula is C16H22N2OS. The number of benzene rings is 1. The zero-order valence-corrected chi connectivity index (χ0v) is 12.8. The van der Waals surface area contributed by atoms with Crippen LogP contribution >= 0.6 is 11.8 Å². The fourth-order valence-corrected chi connectivity index (χ4v) is 3.72. The van der Waals surface area contributed by atoms with Crippen LogP contribution in [0.4, 0.5) is 0 Å². The Balaban J connectivity index is 1.87. The molecule has 0 bridgehead atoms. The van der Waals surface area contributed by atoms with Gasteiger partial charge in [0.2, 0.25) is 0 Å². The highest BCUT2D eigenvalue weighted by atomic mass is 32.2. The van der Waals surface area contributed by atoms with Crippen LogP contribution in [0.3, 0.4) is 0 Å². The smallest absolute Gasteiger partial charge is 0.255 e. The molecule has 1 aliphatic carbocycles. The van der Waals surface area contributed by atoms with Gasteiger partial charge in [0.05, 0.1) is 5.56 Å². The first-order valence-corrected chi connectivity index (χ1v) is 8.70. The van der Waals surface area contributed by atoms with Gasteiger partial charge >= 0.3 is 0 Å². The predicted octanol–water partition coefficient (Wildman–Crippen LogP) is 2.77. The average Bonchev–Trinajstić information content (AvgIpc) is 2.95. The molecular weight excluding hydrogens is 268 g/mol. The Morgan fingerprint density at radius 1 is 1.25 bits per heavy atom. The van der Waals surface area contributed by atoms with Crippen LogP contribution in [0.2, 0.25) is 0 Å². The number of rotatable bonds is 4. The van der Waals surface area contributed by atoms with Crippen LogP contribution in [-0.2, 0) is 0 Å². The van der Waals surface area contributed by atoms with E-state index in [2.05, 4.69) is 10.2 Å². The summed E-state index contributed by atoms with van der Waals surface area (Å²) in [4.78, 5) is 16.3. The maximum absolute atomic E-state index is 13.0. The second-order valence-corrected chi connectivity index (χ2v) is 6.49. The van der Waals surface area contributed by atoms with Gasteiger partial charge in [-0.25, -0.2) is 0 Å². The topological polar surface area (TPSA) is 32.3 Å². The summed E-state index contributed by atoms with van der Waals surface area (Å²) < 4.78 is 0. The Hall–Kier alpha value is -1.00. The highest BCUT2D eigenvalue weighted by Crippen LogP contribution is 2.31. The summed E-state index contributed by atoms with van der Waals surface area (Å²) >= 11 is 1.66. The Kier molecular flexibility index (Phi) is 4.32. The molecule has 1 atom stereocenters. The van der Waals surface area contributed by atoms with Gasteiger partial charge in [0, 0.05) is 23.5 Å². The Morgan fingerprint density at radius 2 is 2.05 bits per heavy atom. The number of amides is 1. The van der Waals surface area contributed by atoms with Crippen LogP contribution in [0.1, 0.15) is 36.0 Å². The quantitative estimate of drug-likeness (QED) is 0.866. The molecule has 1 N–H and O–H groups in total. The number of hydrogen-bond acceptors (Lipinski definition) is 3. The minimum atomic E-state index is 0.230. The van der Waals surface area contributed by atoms with E-state index in [1.54, 1.807) is 11.8 Å². The number of carbonyl (C=O) groups is 1. The van der Waals surface area contributed by atoms with Crippen molar-refractivity contribution < 1.29 is 4.79 Å². The highest BCUT2D eigenvalue weighted by Gasteiger charge is 2.36. The number of carbonyl (C=O) groups excluding carboxylic acids is 1. The maximum atomic E-state index is 13.0. The van der Waals surface area contributed by atoms with Gasteiger partial charge in [0.15, 0.2) is 0 Å². The molecule has 1 saturated carbocycles. The van der Waals surface area contributed by atoms with E-state index in [0.717, 1.165) is 30.0 Å². The van der Waals surface area contributed by atoms with Gasteiger partial charge in [0.25, 0.3) is 5.91 Å². The molecule has 2 aliphatic rings. The van der Waals surface area contributed by atoms with Crippen molar-refractivity contribution >= 4 is 17.7 Å². The molecule has 2 fully saturated rings. The zero-order valence-electron chi connectivity index (χ0n) is 12.0. The molecule has 3 rings (SSSR count). The minimum Gasteiger partial charge on any atom is -0.331 e. The minimum absolute atomic E-state index is 0.230. The molecule has 4 heteroatoms. The van der Waals surface area contributed by atoms with Crippen molar-refractivity contribution in [1.29, 1.82) is 0 Å². The van der Waals surface area contributed by atoms with E-state index in [1.807, 2.05) is 30.5 Å². The summed E-state index contributed by atoms with van der Waals surface area (Å²) in [5.74, 6) is 0.230. The monoisotopic (exact) mass is 290 g/mol. The van der Waals surface area contributed by atoms with Crippen molar-refractivity contribution in [3.05, 3.63) is 29.8 Å². The fraction of sp³-hybridized carbons (Fsp3) is 0.562. The van der Waals surface area contributed by atoms with Gasteiger partial charge in [-0.1, -0.05) is 12.1 Å². The predicted molar refractivity (Wildman–Crippen MR) is 83.3 cm³/mol. The first kappa shape index (κ1) is 14.0. The van der Waals surface area contributed by atoms with E-state index in [-0.39, 0.29) is 5.91 Å². The normalized spacial score (nSPS) is 22.6. The summed E-state index contributed by atoms with van der Waals surface area (Å²) in [6.45, 7) is 1.98. The standard InChI is InChI=1S/C16H22N2OS/c1-20-15-8-3-2-7-14(15)16(19)18(12-5-4-6-12)13-9-10-17-11-13/h2-3,7-8,12-13,17H,4-6,9-11H2,1H3. The van der Waals surface area contributed by atoms with Crippen molar-refractivity contribution in [3.8, 4) is 0 Å². The molecule has 0 spiro atoms. The third-order valence-corrected chi connectivity index (χ3v) is 5.26. The van der Waals surface area contributed by atoms with Gasteiger partial charge in [0.1, 0.15) is 0 Å². The third kappa shape index (κ3) is 2.59. The molecule has 20 heavy (non-hydrogen) atoms. The van der Waals surface area contributed by atoms with E-state index >= 15 is 0 Å². The van der Waals surface area contributed by atoms with Crippen molar-refractivity contribution in [2.24, 2.45) is 0 Å². The third-order valence-electron chi connectivity index (χ3n) is 4.47. The lowest BCUT2D eigenvalue weighted by atomic mass is 9.89. The first-order chi connectivity index (χ1) is 9.81. The number of thioether (sulfide) groups is 1. The average molecular weight is 290 g/mol. The molecule has 1 amide bonds. The Morgan fingerprint density at radius 3 is 2.65 bits per heavy atom. The first-order valence-electron chi connectivity index (χ1n) is 7.47. The van der Waals surface area contributed by atoms with Gasteiger partial charge in [-0.2, -0.15) is 0 Å². The van der Waals surface area contributed by atoms with Crippen LogP contribution in [0.25, 0.3) is 0 Å². The number of hydrogen-bond donors (Lipinski definition) is 1. The molecule has 1 aromatic carbocycles. The second-order valence-electron chi connectivity index (χ2n) is 5.64. The number of nitrogens with one attached hydrogen (secondary N) is 1. The van der Waals surface area contributed by atoms with Gasteiger partial charge in [-0.05, 0) is 50.6 Å². The fourth-order valence-electron chi connectivity index (χ4n) is 3.13. The summed E-state index contributed by atoms with van der Waals surface area (Å²) in [5, 5.41) is 3.39. The van der Waals surface area contributed by atoms with Crippen molar-refractivity contribution in [1.82, 2.24) is 10.2 Å². The van der Waals surface area contributed by atoms with E-state index in [9.17, 15) is 4.79 Å². The van der Waals surface area contributed by atoms with Crippen molar-refractivity contribution in [2.75, 3.05) is 19.3 Å². The SMILES string of the molecule is CSc1ccccc1C(=O)N(C1CCC1)C1CCNC1. The van der Waals surface area contributed by atoms with E-state index in [1.165, 1.54) is 19.3 Å². The zero-order chi connectivity index (χ0) is 13.9.